The molecule has 0 aliphatic heterocycles. The molecule has 0 radical (unpaired) electrons. The third-order valence-corrected chi connectivity index (χ3v) is 5.26. The lowest BCUT2D eigenvalue weighted by Crippen LogP contribution is -2.48. The minimum Gasteiger partial charge on any atom is -0.493 e. The molecule has 6 nitrogen and oxygen atoms in total. The van der Waals surface area contributed by atoms with Gasteiger partial charge in [0.1, 0.15) is 0 Å². The van der Waals surface area contributed by atoms with Crippen LogP contribution < -0.4 is 14.6 Å². The Morgan fingerprint density at radius 3 is 2.29 bits per heavy atom. The molecular formula is C14H22N2O4S. The van der Waals surface area contributed by atoms with Gasteiger partial charge in [0.05, 0.1) is 14.2 Å². The van der Waals surface area contributed by atoms with Crippen molar-refractivity contribution in [3.8, 4) is 11.5 Å². The molecule has 0 amide bonds. The minimum atomic E-state index is -3.67. The van der Waals surface area contributed by atoms with E-state index in [4.69, 9.17) is 14.6 Å². The van der Waals surface area contributed by atoms with Crippen LogP contribution in [0.1, 0.15) is 24.8 Å². The number of rotatable bonds is 6. The number of ether oxygens (including phenoxy) is 2. The lowest BCUT2D eigenvalue weighted by Gasteiger charge is -2.44. The van der Waals surface area contributed by atoms with Gasteiger partial charge in [-0.3, -0.25) is 0 Å². The molecule has 1 aromatic carbocycles. The fourth-order valence-electron chi connectivity index (χ4n) is 2.82. The molecule has 0 bridgehead atoms. The van der Waals surface area contributed by atoms with Crippen molar-refractivity contribution >= 4 is 10.2 Å². The molecule has 2 rings (SSSR count). The Morgan fingerprint density at radius 1 is 1.24 bits per heavy atom. The quantitative estimate of drug-likeness (QED) is 0.857. The molecule has 1 aromatic rings. The average Bonchev–Trinajstić information content (AvgIpc) is 2.40. The van der Waals surface area contributed by atoms with Crippen molar-refractivity contribution in [2.75, 3.05) is 27.8 Å². The summed E-state index contributed by atoms with van der Waals surface area (Å²) in [5, 5.41) is 5.20. The molecule has 21 heavy (non-hydrogen) atoms. The van der Waals surface area contributed by atoms with Gasteiger partial charge in [-0.1, -0.05) is 12.5 Å². The highest BCUT2D eigenvalue weighted by molar-refractivity contribution is 7.86. The predicted octanol–water partition coefficient (Wildman–Crippen LogP) is 1.26. The van der Waals surface area contributed by atoms with Crippen LogP contribution in [0, 0.1) is 0 Å². The van der Waals surface area contributed by atoms with E-state index < -0.39 is 10.2 Å². The number of hydrogen-bond donors (Lipinski definition) is 1. The maximum atomic E-state index is 11.5. The second kappa shape index (κ2) is 5.82. The lowest BCUT2D eigenvalue weighted by molar-refractivity contribution is 0.202. The summed E-state index contributed by atoms with van der Waals surface area (Å²) >= 11 is 0. The molecule has 0 spiro atoms. The maximum absolute atomic E-state index is 11.5. The molecular weight excluding hydrogens is 292 g/mol. The second-order valence-corrected chi connectivity index (χ2v) is 7.16. The third-order valence-electron chi connectivity index (χ3n) is 4.27. The first-order chi connectivity index (χ1) is 9.82. The van der Waals surface area contributed by atoms with E-state index in [0.717, 1.165) is 24.8 Å². The Morgan fingerprint density at radius 2 is 1.86 bits per heavy atom. The lowest BCUT2D eigenvalue weighted by atomic mass is 9.64. The van der Waals surface area contributed by atoms with Gasteiger partial charge in [-0.2, -0.15) is 12.7 Å². The Labute approximate surface area is 126 Å². The molecule has 0 heterocycles. The fourth-order valence-corrected chi connectivity index (χ4v) is 3.25. The zero-order chi connectivity index (χ0) is 15.7. The Bertz CT molecular complexity index is 611. The van der Waals surface area contributed by atoms with E-state index >= 15 is 0 Å². The van der Waals surface area contributed by atoms with Gasteiger partial charge in [-0.05, 0) is 30.5 Å². The van der Waals surface area contributed by atoms with Crippen LogP contribution in [0.4, 0.5) is 0 Å². The van der Waals surface area contributed by atoms with Crippen molar-refractivity contribution in [2.24, 2.45) is 5.14 Å². The van der Waals surface area contributed by atoms with E-state index in [-0.39, 0.29) is 5.41 Å². The molecule has 1 fully saturated rings. The van der Waals surface area contributed by atoms with Crippen LogP contribution in [-0.4, -0.2) is 40.5 Å². The summed E-state index contributed by atoms with van der Waals surface area (Å²) in [5.74, 6) is 1.31. The van der Waals surface area contributed by atoms with Crippen molar-refractivity contribution < 1.29 is 17.9 Å². The van der Waals surface area contributed by atoms with Gasteiger partial charge < -0.3 is 9.47 Å². The highest BCUT2D eigenvalue weighted by Crippen LogP contribution is 2.46. The summed E-state index contributed by atoms with van der Waals surface area (Å²) in [5.41, 5.74) is 0.864. The van der Waals surface area contributed by atoms with Crippen LogP contribution in [-0.2, 0) is 15.6 Å². The monoisotopic (exact) mass is 314 g/mol. The number of methoxy groups -OCH3 is 2. The third kappa shape index (κ3) is 3.14. The van der Waals surface area contributed by atoms with Crippen molar-refractivity contribution in [2.45, 2.75) is 24.7 Å². The van der Waals surface area contributed by atoms with E-state index in [0.29, 0.717) is 18.0 Å². The zero-order valence-electron chi connectivity index (χ0n) is 12.6. The number of likely N-dealkylation sites (N-methyl/N-ethyl adjacent to an activating group) is 1. The summed E-state index contributed by atoms with van der Waals surface area (Å²) in [4.78, 5) is 0. The van der Waals surface area contributed by atoms with Gasteiger partial charge >= 0.3 is 0 Å². The highest BCUT2D eigenvalue weighted by atomic mass is 32.2. The molecule has 1 saturated carbocycles. The minimum absolute atomic E-state index is 0.194. The van der Waals surface area contributed by atoms with Gasteiger partial charge in [-0.25, -0.2) is 5.14 Å². The van der Waals surface area contributed by atoms with E-state index in [1.54, 1.807) is 14.2 Å². The zero-order valence-corrected chi connectivity index (χ0v) is 13.4. The Kier molecular flexibility index (Phi) is 4.46. The largest absolute Gasteiger partial charge is 0.493 e. The smallest absolute Gasteiger partial charge is 0.276 e. The van der Waals surface area contributed by atoms with Crippen molar-refractivity contribution in [3.05, 3.63) is 23.8 Å². The summed E-state index contributed by atoms with van der Waals surface area (Å²) in [6.45, 7) is 0.376. The van der Waals surface area contributed by atoms with E-state index in [2.05, 4.69) is 0 Å². The Balaban J connectivity index is 2.33. The number of nitrogens with two attached hydrogens (primary N) is 1. The normalized spacial score (nSPS) is 17.4. The van der Waals surface area contributed by atoms with Crippen LogP contribution >= 0.6 is 0 Å². The number of benzene rings is 1. The standard InChI is InChI=1S/C14H22N2O4S/c1-16(21(15,17)18)10-14(7-4-8-14)11-5-6-12(19-2)13(9-11)20-3/h5-6,9H,4,7-8,10H2,1-3H3,(H2,15,17,18). The number of nitrogens with zero attached hydrogens (tertiary/aromatic N) is 1. The molecule has 1 aliphatic carbocycles. The number of hydrogen-bond acceptors (Lipinski definition) is 4. The summed E-state index contributed by atoms with van der Waals surface area (Å²) in [6.07, 6.45) is 2.94. The Hall–Kier alpha value is -1.31. The SMILES string of the molecule is COc1ccc(C2(CN(C)S(N)(=O)=O)CCC2)cc1OC. The van der Waals surface area contributed by atoms with Crippen molar-refractivity contribution in [1.29, 1.82) is 0 Å². The molecule has 0 unspecified atom stereocenters. The first-order valence-electron chi connectivity index (χ1n) is 6.79. The van der Waals surface area contributed by atoms with Crippen LogP contribution in [0.2, 0.25) is 0 Å². The average molecular weight is 314 g/mol. The van der Waals surface area contributed by atoms with Crippen LogP contribution in [0.15, 0.2) is 18.2 Å². The first kappa shape index (κ1) is 16.1. The van der Waals surface area contributed by atoms with Gasteiger partial charge in [0.15, 0.2) is 11.5 Å². The first-order valence-corrected chi connectivity index (χ1v) is 8.29. The van der Waals surface area contributed by atoms with Gasteiger partial charge in [0.2, 0.25) is 0 Å². The van der Waals surface area contributed by atoms with Gasteiger partial charge in [-0.15, -0.1) is 0 Å². The molecule has 2 N–H and O–H groups in total. The maximum Gasteiger partial charge on any atom is 0.276 e. The van der Waals surface area contributed by atoms with Crippen LogP contribution in [0.3, 0.4) is 0 Å². The molecule has 0 atom stereocenters. The highest BCUT2D eigenvalue weighted by Gasteiger charge is 2.41. The van der Waals surface area contributed by atoms with Crippen molar-refractivity contribution in [3.63, 3.8) is 0 Å². The molecule has 0 saturated heterocycles. The van der Waals surface area contributed by atoms with Gasteiger partial charge in [0, 0.05) is 19.0 Å². The molecule has 0 aromatic heterocycles. The second-order valence-electron chi connectivity index (χ2n) is 5.50. The predicted molar refractivity (Wildman–Crippen MR) is 80.8 cm³/mol. The topological polar surface area (TPSA) is 81.9 Å². The molecule has 118 valence electrons. The molecule has 1 aliphatic rings. The van der Waals surface area contributed by atoms with Crippen LogP contribution in [0.25, 0.3) is 0 Å². The van der Waals surface area contributed by atoms with E-state index in [1.165, 1.54) is 11.4 Å². The fraction of sp³-hybridized carbons (Fsp3) is 0.571. The van der Waals surface area contributed by atoms with Crippen molar-refractivity contribution in [1.82, 2.24) is 4.31 Å². The van der Waals surface area contributed by atoms with E-state index in [1.807, 2.05) is 18.2 Å². The summed E-state index contributed by atoms with van der Waals surface area (Å²) in [7, 11) is 1.02. The van der Waals surface area contributed by atoms with Crippen LogP contribution in [0.5, 0.6) is 11.5 Å². The summed E-state index contributed by atoms with van der Waals surface area (Å²) in [6, 6.07) is 5.75. The van der Waals surface area contributed by atoms with E-state index in [9.17, 15) is 8.42 Å². The molecule has 7 heteroatoms. The summed E-state index contributed by atoms with van der Waals surface area (Å²) < 4.78 is 34.7. The van der Waals surface area contributed by atoms with Gasteiger partial charge in [0.25, 0.3) is 10.2 Å².